The van der Waals surface area contributed by atoms with Gasteiger partial charge in [0.1, 0.15) is 11.5 Å². The highest BCUT2D eigenvalue weighted by Crippen LogP contribution is 2.30. The van der Waals surface area contributed by atoms with E-state index in [-0.39, 0.29) is 40.2 Å². The van der Waals surface area contributed by atoms with Crippen molar-refractivity contribution in [2.75, 3.05) is 19.7 Å². The lowest BCUT2D eigenvalue weighted by atomic mass is 10.0. The number of amides is 1. The van der Waals surface area contributed by atoms with Crippen molar-refractivity contribution in [3.8, 4) is 11.5 Å². The van der Waals surface area contributed by atoms with Crippen LogP contribution in [0, 0.1) is 0 Å². The number of carbonyl (C=O) groups is 1. The maximum atomic E-state index is 14.5. The highest BCUT2D eigenvalue weighted by Gasteiger charge is 2.33. The van der Waals surface area contributed by atoms with E-state index in [4.69, 9.17) is 10.5 Å². The van der Waals surface area contributed by atoms with E-state index in [2.05, 4.69) is 10.3 Å². The van der Waals surface area contributed by atoms with Crippen molar-refractivity contribution in [3.05, 3.63) is 105 Å². The Hall–Kier alpha value is -4.28. The number of hydrogen-bond acceptors (Lipinski definition) is 6. The lowest BCUT2D eigenvalue weighted by molar-refractivity contribution is -0.0467. The van der Waals surface area contributed by atoms with E-state index in [1.54, 1.807) is 36.4 Å². The molecule has 1 heterocycles. The molecule has 0 saturated heterocycles. The predicted octanol–water partition coefficient (Wildman–Crippen LogP) is 3.37. The van der Waals surface area contributed by atoms with Gasteiger partial charge in [-0.2, -0.15) is 8.78 Å². The van der Waals surface area contributed by atoms with Gasteiger partial charge in [-0.25, -0.2) is 0 Å². The number of H-pyrrole nitrogens is 1. The molecule has 0 aliphatic carbocycles. The number of alkyl halides is 2. The number of rotatable bonds is 11. The van der Waals surface area contributed by atoms with Crippen LogP contribution in [0.3, 0.4) is 0 Å². The molecule has 38 heavy (non-hydrogen) atoms. The maximum absolute atomic E-state index is 14.5. The average molecular weight is 524 g/mol. The number of phenolic OH excluding ortho intramolecular Hbond substituents is 1. The quantitative estimate of drug-likeness (QED) is 0.191. The zero-order valence-corrected chi connectivity index (χ0v) is 20.3. The minimum atomic E-state index is -3.31. The standard InChI is InChI=1S/C28H27F2N3O5/c29-28(30,19-3-1-2-18(14-19)27(31)37)16-38-20-6-4-17(5-7-20)12-13-32-15-24(35)21-8-10-23(34)26-22(21)9-11-25(36)33-26/h1-11,14,24,32,34-35H,12-13,15-16H2,(H2,31,37)(H,33,36)/t24-/m1/s1. The number of carbonyl (C=O) groups excluding carboxylic acids is 1. The summed E-state index contributed by atoms with van der Waals surface area (Å²) in [6, 6.07) is 17.7. The van der Waals surface area contributed by atoms with Gasteiger partial charge in [-0.05, 0) is 60.5 Å². The van der Waals surface area contributed by atoms with Gasteiger partial charge in [-0.1, -0.05) is 30.3 Å². The molecule has 0 saturated carbocycles. The Morgan fingerprint density at radius 2 is 1.84 bits per heavy atom. The van der Waals surface area contributed by atoms with Crippen molar-refractivity contribution in [3.63, 3.8) is 0 Å². The predicted molar refractivity (Wildman–Crippen MR) is 139 cm³/mol. The Morgan fingerprint density at radius 1 is 1.08 bits per heavy atom. The number of aliphatic hydroxyl groups excluding tert-OH is 1. The molecular weight excluding hydrogens is 496 g/mol. The topological polar surface area (TPSA) is 138 Å². The summed E-state index contributed by atoms with van der Waals surface area (Å²) in [5.74, 6) is -3.89. The molecule has 4 aromatic rings. The van der Waals surface area contributed by atoms with Gasteiger partial charge < -0.3 is 31.0 Å². The number of fused-ring (bicyclic) bond motifs is 1. The smallest absolute Gasteiger partial charge is 0.306 e. The first kappa shape index (κ1) is 26.8. The molecule has 0 fully saturated rings. The van der Waals surface area contributed by atoms with Gasteiger partial charge in [0.05, 0.1) is 11.6 Å². The number of aromatic amines is 1. The molecule has 1 aromatic heterocycles. The van der Waals surface area contributed by atoms with Gasteiger partial charge in [0.2, 0.25) is 11.5 Å². The van der Waals surface area contributed by atoms with Crippen molar-refractivity contribution < 1.29 is 28.5 Å². The number of hydrogen-bond donors (Lipinski definition) is 5. The summed E-state index contributed by atoms with van der Waals surface area (Å²) in [6.45, 7) is -0.113. The summed E-state index contributed by atoms with van der Waals surface area (Å²) in [6.07, 6.45) is -0.252. The largest absolute Gasteiger partial charge is 0.506 e. The van der Waals surface area contributed by atoms with Crippen LogP contribution in [0.15, 0.2) is 77.6 Å². The molecule has 0 aliphatic rings. The van der Waals surface area contributed by atoms with Crippen molar-refractivity contribution in [2.45, 2.75) is 18.4 Å². The molecule has 0 spiro atoms. The first-order chi connectivity index (χ1) is 18.1. The molecule has 198 valence electrons. The second kappa shape index (κ2) is 11.4. The van der Waals surface area contributed by atoms with Gasteiger partial charge in [0.15, 0.2) is 6.61 Å². The van der Waals surface area contributed by atoms with Crippen molar-refractivity contribution in [1.82, 2.24) is 10.3 Å². The third-order valence-corrected chi connectivity index (χ3v) is 6.11. The summed E-state index contributed by atoms with van der Waals surface area (Å²) in [4.78, 5) is 25.4. The minimum Gasteiger partial charge on any atom is -0.506 e. The number of ether oxygens (including phenoxy) is 1. The molecule has 1 amide bonds. The number of benzene rings is 3. The number of primary amides is 1. The van der Waals surface area contributed by atoms with E-state index >= 15 is 0 Å². The van der Waals surface area contributed by atoms with Crippen LogP contribution in [0.25, 0.3) is 10.9 Å². The Kier molecular flexibility index (Phi) is 8.04. The lowest BCUT2D eigenvalue weighted by Gasteiger charge is -2.18. The van der Waals surface area contributed by atoms with Crippen LogP contribution >= 0.6 is 0 Å². The van der Waals surface area contributed by atoms with Crippen LogP contribution < -0.4 is 21.3 Å². The first-order valence-corrected chi connectivity index (χ1v) is 11.9. The van der Waals surface area contributed by atoms with Crippen LogP contribution in [0.2, 0.25) is 0 Å². The normalized spacial score (nSPS) is 12.4. The average Bonchev–Trinajstić information content (AvgIpc) is 2.91. The number of nitrogens with two attached hydrogens (primary N) is 1. The number of aliphatic hydroxyl groups is 1. The van der Waals surface area contributed by atoms with Crippen LogP contribution in [0.5, 0.6) is 11.5 Å². The van der Waals surface area contributed by atoms with Crippen LogP contribution in [-0.2, 0) is 12.3 Å². The van der Waals surface area contributed by atoms with Gasteiger partial charge in [-0.15, -0.1) is 0 Å². The fraction of sp³-hybridized carbons (Fsp3) is 0.214. The molecule has 0 radical (unpaired) electrons. The number of aromatic nitrogens is 1. The van der Waals surface area contributed by atoms with E-state index in [1.165, 1.54) is 30.3 Å². The fourth-order valence-corrected chi connectivity index (χ4v) is 4.04. The Bertz CT molecular complexity index is 1490. The Morgan fingerprint density at radius 3 is 2.58 bits per heavy atom. The third kappa shape index (κ3) is 6.34. The molecule has 8 nitrogen and oxygen atoms in total. The van der Waals surface area contributed by atoms with Crippen LogP contribution in [-0.4, -0.2) is 40.8 Å². The van der Waals surface area contributed by atoms with Crippen LogP contribution in [0.4, 0.5) is 8.78 Å². The second-order valence-electron chi connectivity index (χ2n) is 8.84. The molecule has 0 unspecified atom stereocenters. The minimum absolute atomic E-state index is 0.000385. The molecule has 0 aliphatic heterocycles. The molecule has 10 heteroatoms. The molecule has 3 aromatic carbocycles. The number of pyridine rings is 1. The van der Waals surface area contributed by atoms with E-state index in [9.17, 15) is 28.6 Å². The van der Waals surface area contributed by atoms with Crippen molar-refractivity contribution >= 4 is 16.8 Å². The lowest BCUT2D eigenvalue weighted by Crippen LogP contribution is -2.24. The highest BCUT2D eigenvalue weighted by molar-refractivity contribution is 5.93. The summed E-state index contributed by atoms with van der Waals surface area (Å²) in [5.41, 5.74) is 6.25. The molecular formula is C28H27F2N3O5. The molecule has 0 bridgehead atoms. The van der Waals surface area contributed by atoms with E-state index < -0.39 is 24.5 Å². The number of phenols is 1. The zero-order chi connectivity index (χ0) is 27.3. The van der Waals surface area contributed by atoms with Gasteiger partial charge in [-0.3, -0.25) is 9.59 Å². The van der Waals surface area contributed by atoms with E-state index in [0.29, 0.717) is 23.9 Å². The summed E-state index contributed by atoms with van der Waals surface area (Å²) in [7, 11) is 0. The van der Waals surface area contributed by atoms with E-state index in [1.807, 2.05) is 0 Å². The highest BCUT2D eigenvalue weighted by atomic mass is 19.3. The van der Waals surface area contributed by atoms with Crippen molar-refractivity contribution in [2.24, 2.45) is 5.73 Å². The monoisotopic (exact) mass is 523 g/mol. The molecule has 4 rings (SSSR count). The maximum Gasteiger partial charge on any atom is 0.306 e. The second-order valence-corrected chi connectivity index (χ2v) is 8.84. The molecule has 6 N–H and O–H groups in total. The number of aromatic hydroxyl groups is 1. The van der Waals surface area contributed by atoms with Gasteiger partial charge in [0.25, 0.3) is 0 Å². The van der Waals surface area contributed by atoms with E-state index in [0.717, 1.165) is 11.6 Å². The Balaban J connectivity index is 1.27. The fourth-order valence-electron chi connectivity index (χ4n) is 4.04. The van der Waals surface area contributed by atoms with Crippen molar-refractivity contribution in [1.29, 1.82) is 0 Å². The zero-order valence-electron chi connectivity index (χ0n) is 20.3. The van der Waals surface area contributed by atoms with Crippen LogP contribution in [0.1, 0.15) is 33.2 Å². The summed E-state index contributed by atoms with van der Waals surface area (Å²) >= 11 is 0. The summed E-state index contributed by atoms with van der Waals surface area (Å²) in [5, 5.41) is 24.3. The van der Waals surface area contributed by atoms with Gasteiger partial charge in [0, 0.05) is 29.1 Å². The Labute approximate surface area is 216 Å². The SMILES string of the molecule is NC(=O)c1cccc(C(F)(F)COc2ccc(CCNC[C@@H](O)c3ccc(O)c4[nH]c(=O)ccc34)cc2)c1. The molecule has 1 atom stereocenters. The number of nitrogens with one attached hydrogen (secondary N) is 2. The van der Waals surface area contributed by atoms with Gasteiger partial charge >= 0.3 is 5.92 Å². The first-order valence-electron chi connectivity index (χ1n) is 11.9. The third-order valence-electron chi connectivity index (χ3n) is 6.11. The number of halogens is 2. The summed E-state index contributed by atoms with van der Waals surface area (Å²) < 4.78 is 34.4.